The Morgan fingerprint density at radius 3 is 2.50 bits per heavy atom. The van der Waals surface area contributed by atoms with E-state index in [1.165, 1.54) is 11.1 Å². The summed E-state index contributed by atoms with van der Waals surface area (Å²) in [6.07, 6.45) is 0.907. The van der Waals surface area contributed by atoms with Crippen LogP contribution in [-0.2, 0) is 24.3 Å². The molecular weight excluding hydrogens is 465 g/mol. The van der Waals surface area contributed by atoms with Gasteiger partial charge in [0.05, 0.1) is 20.3 Å². The average Bonchev–Trinajstić information content (AvgIpc) is 2.68. The van der Waals surface area contributed by atoms with Gasteiger partial charge in [0.2, 0.25) is 0 Å². The van der Waals surface area contributed by atoms with Crippen molar-refractivity contribution >= 4 is 29.9 Å². The second-order valence-electron chi connectivity index (χ2n) is 6.43. The van der Waals surface area contributed by atoms with Gasteiger partial charge in [-0.1, -0.05) is 36.4 Å². The molecule has 2 rings (SSSR count). The van der Waals surface area contributed by atoms with Crippen molar-refractivity contribution in [1.82, 2.24) is 10.6 Å². The molecule has 2 aromatic carbocycles. The highest BCUT2D eigenvalue weighted by Gasteiger charge is 2.02. The molecule has 2 aromatic rings. The summed E-state index contributed by atoms with van der Waals surface area (Å²) in [6.45, 7) is 7.01. The lowest BCUT2D eigenvalue weighted by Gasteiger charge is -2.12. The lowest BCUT2D eigenvalue weighted by Crippen LogP contribution is -2.38. The summed E-state index contributed by atoms with van der Waals surface area (Å²) in [4.78, 5) is 4.69. The SMILES string of the molecule is CCNC(=NCc1cccc(COC)c1)NCCc1ccc(C)c(OC)c1.I. The van der Waals surface area contributed by atoms with Crippen LogP contribution < -0.4 is 15.4 Å². The van der Waals surface area contributed by atoms with E-state index in [4.69, 9.17) is 14.5 Å². The average molecular weight is 497 g/mol. The Bertz CT molecular complexity index is 750. The van der Waals surface area contributed by atoms with E-state index >= 15 is 0 Å². The first kappa shape index (κ1) is 24.2. The maximum atomic E-state index is 5.40. The molecule has 0 aromatic heterocycles. The first-order valence-corrected chi connectivity index (χ1v) is 9.38. The van der Waals surface area contributed by atoms with Crippen molar-refractivity contribution in [2.75, 3.05) is 27.3 Å². The summed E-state index contributed by atoms with van der Waals surface area (Å²) in [5.74, 6) is 1.76. The molecule has 0 aliphatic carbocycles. The van der Waals surface area contributed by atoms with Crippen LogP contribution in [0, 0.1) is 6.92 Å². The van der Waals surface area contributed by atoms with Crippen molar-refractivity contribution < 1.29 is 9.47 Å². The summed E-state index contributed by atoms with van der Waals surface area (Å²) in [5.41, 5.74) is 4.73. The van der Waals surface area contributed by atoms with E-state index in [1.54, 1.807) is 14.2 Å². The second kappa shape index (κ2) is 13.4. The maximum absolute atomic E-state index is 5.40. The minimum atomic E-state index is 0. The predicted molar refractivity (Wildman–Crippen MR) is 127 cm³/mol. The fraction of sp³-hybridized carbons (Fsp3) is 0.409. The van der Waals surface area contributed by atoms with E-state index in [0.717, 1.165) is 42.3 Å². The molecule has 2 N–H and O–H groups in total. The molecule has 28 heavy (non-hydrogen) atoms. The molecular formula is C22H32IN3O2. The van der Waals surface area contributed by atoms with Crippen LogP contribution in [0.2, 0.25) is 0 Å². The van der Waals surface area contributed by atoms with Gasteiger partial charge in [-0.25, -0.2) is 4.99 Å². The summed E-state index contributed by atoms with van der Waals surface area (Å²) in [7, 11) is 3.42. The molecule has 0 aliphatic rings. The van der Waals surface area contributed by atoms with Gasteiger partial charge >= 0.3 is 0 Å². The largest absolute Gasteiger partial charge is 0.496 e. The molecule has 6 heteroatoms. The molecule has 0 aliphatic heterocycles. The minimum Gasteiger partial charge on any atom is -0.496 e. The van der Waals surface area contributed by atoms with Crippen LogP contribution in [0.15, 0.2) is 47.5 Å². The van der Waals surface area contributed by atoms with Crippen molar-refractivity contribution in [3.05, 3.63) is 64.7 Å². The first-order valence-electron chi connectivity index (χ1n) is 9.38. The zero-order valence-electron chi connectivity index (χ0n) is 17.2. The van der Waals surface area contributed by atoms with Crippen LogP contribution in [-0.4, -0.2) is 33.3 Å². The third-order valence-corrected chi connectivity index (χ3v) is 4.24. The lowest BCUT2D eigenvalue weighted by molar-refractivity contribution is 0.185. The Kier molecular flexibility index (Phi) is 11.6. The Labute approximate surface area is 186 Å². The van der Waals surface area contributed by atoms with E-state index in [1.807, 2.05) is 6.07 Å². The Hall–Kier alpha value is -1.80. The van der Waals surface area contributed by atoms with Crippen molar-refractivity contribution in [1.29, 1.82) is 0 Å². The van der Waals surface area contributed by atoms with E-state index in [9.17, 15) is 0 Å². The van der Waals surface area contributed by atoms with Gasteiger partial charge in [-0.15, -0.1) is 24.0 Å². The number of methoxy groups -OCH3 is 2. The van der Waals surface area contributed by atoms with Crippen LogP contribution >= 0.6 is 24.0 Å². The molecule has 5 nitrogen and oxygen atoms in total. The van der Waals surface area contributed by atoms with Crippen LogP contribution in [0.1, 0.15) is 29.2 Å². The number of hydrogen-bond donors (Lipinski definition) is 2. The Morgan fingerprint density at radius 2 is 1.79 bits per heavy atom. The quantitative estimate of drug-likeness (QED) is 0.312. The molecule has 0 radical (unpaired) electrons. The standard InChI is InChI=1S/C22H31N3O2.HI/c1-5-23-22(25-15-19-7-6-8-20(13-19)16-26-3)24-12-11-18-10-9-17(2)21(14-18)27-4;/h6-10,13-14H,5,11-12,15-16H2,1-4H3,(H2,23,24,25);1H. The molecule has 0 saturated heterocycles. The van der Waals surface area contributed by atoms with Gasteiger partial charge in [0.15, 0.2) is 5.96 Å². The number of nitrogens with one attached hydrogen (secondary N) is 2. The van der Waals surface area contributed by atoms with E-state index < -0.39 is 0 Å². The van der Waals surface area contributed by atoms with Gasteiger partial charge < -0.3 is 20.1 Å². The molecule has 0 fully saturated rings. The third kappa shape index (κ3) is 8.06. The fourth-order valence-corrected chi connectivity index (χ4v) is 2.84. The van der Waals surface area contributed by atoms with Crippen LogP contribution in [0.4, 0.5) is 0 Å². The number of aliphatic imine (C=N–C) groups is 1. The van der Waals surface area contributed by atoms with Crippen LogP contribution in [0.5, 0.6) is 5.75 Å². The van der Waals surface area contributed by atoms with Gasteiger partial charge in [-0.05, 0) is 48.6 Å². The van der Waals surface area contributed by atoms with E-state index in [2.05, 4.69) is 60.9 Å². The van der Waals surface area contributed by atoms with Crippen molar-refractivity contribution in [3.8, 4) is 5.75 Å². The molecule has 0 saturated carbocycles. The zero-order valence-corrected chi connectivity index (χ0v) is 19.6. The van der Waals surface area contributed by atoms with E-state index in [-0.39, 0.29) is 24.0 Å². The van der Waals surface area contributed by atoms with Crippen molar-refractivity contribution in [2.45, 2.75) is 33.4 Å². The highest BCUT2D eigenvalue weighted by molar-refractivity contribution is 14.0. The molecule has 0 spiro atoms. The summed E-state index contributed by atoms with van der Waals surface area (Å²) in [6, 6.07) is 14.7. The first-order chi connectivity index (χ1) is 13.2. The number of ether oxygens (including phenoxy) is 2. The van der Waals surface area contributed by atoms with Crippen LogP contribution in [0.25, 0.3) is 0 Å². The minimum absolute atomic E-state index is 0. The van der Waals surface area contributed by atoms with Crippen LogP contribution in [0.3, 0.4) is 0 Å². The molecule has 154 valence electrons. The van der Waals surface area contributed by atoms with E-state index in [0.29, 0.717) is 13.2 Å². The number of aryl methyl sites for hydroxylation is 1. The summed E-state index contributed by atoms with van der Waals surface area (Å²) >= 11 is 0. The van der Waals surface area contributed by atoms with Gasteiger partial charge in [0.25, 0.3) is 0 Å². The molecule has 0 heterocycles. The normalized spacial score (nSPS) is 10.9. The van der Waals surface area contributed by atoms with Crippen molar-refractivity contribution in [3.63, 3.8) is 0 Å². The zero-order chi connectivity index (χ0) is 19.5. The highest BCUT2D eigenvalue weighted by atomic mass is 127. The smallest absolute Gasteiger partial charge is 0.191 e. The number of hydrogen-bond acceptors (Lipinski definition) is 3. The fourth-order valence-electron chi connectivity index (χ4n) is 2.84. The third-order valence-electron chi connectivity index (χ3n) is 4.24. The molecule has 0 amide bonds. The van der Waals surface area contributed by atoms with Gasteiger partial charge in [0, 0.05) is 20.2 Å². The molecule has 0 atom stereocenters. The monoisotopic (exact) mass is 497 g/mol. The molecule has 0 bridgehead atoms. The summed E-state index contributed by atoms with van der Waals surface area (Å²) < 4.78 is 10.6. The Balaban J connectivity index is 0.00000392. The Morgan fingerprint density at radius 1 is 1.00 bits per heavy atom. The van der Waals surface area contributed by atoms with Crippen molar-refractivity contribution in [2.24, 2.45) is 4.99 Å². The van der Waals surface area contributed by atoms with Gasteiger partial charge in [-0.3, -0.25) is 0 Å². The number of nitrogens with zero attached hydrogens (tertiary/aromatic N) is 1. The number of benzene rings is 2. The molecule has 0 unspecified atom stereocenters. The number of rotatable bonds is 9. The number of halogens is 1. The lowest BCUT2D eigenvalue weighted by atomic mass is 10.1. The number of guanidine groups is 1. The maximum Gasteiger partial charge on any atom is 0.191 e. The predicted octanol–water partition coefficient (Wildman–Crippen LogP) is 4.07. The topological polar surface area (TPSA) is 54.9 Å². The second-order valence-corrected chi connectivity index (χ2v) is 6.43. The summed E-state index contributed by atoms with van der Waals surface area (Å²) in [5, 5.41) is 6.70. The van der Waals surface area contributed by atoms with Gasteiger partial charge in [-0.2, -0.15) is 0 Å². The van der Waals surface area contributed by atoms with Gasteiger partial charge in [0.1, 0.15) is 5.75 Å². The highest BCUT2D eigenvalue weighted by Crippen LogP contribution is 2.19.